The monoisotopic (exact) mass is 344 g/mol. The third kappa shape index (κ3) is 9.67. The summed E-state index contributed by atoms with van der Waals surface area (Å²) in [5.41, 5.74) is 1.49. The van der Waals surface area contributed by atoms with Crippen molar-refractivity contribution in [3.63, 3.8) is 0 Å². The van der Waals surface area contributed by atoms with Crippen molar-refractivity contribution >= 4 is 27.3 Å². The molecule has 0 N–H and O–H groups in total. The first kappa shape index (κ1) is 17.2. The fraction of sp³-hybridized carbons (Fsp3) is 0.765. The van der Waals surface area contributed by atoms with Gasteiger partial charge in [0.25, 0.3) is 0 Å². The minimum atomic E-state index is 0.673. The summed E-state index contributed by atoms with van der Waals surface area (Å²) in [6.45, 7) is 2.28. The van der Waals surface area contributed by atoms with Crippen molar-refractivity contribution in [1.82, 2.24) is 0 Å². The summed E-state index contributed by atoms with van der Waals surface area (Å²) in [7, 11) is 0. The SMILES string of the molecule is CCCCCCCCCCCC(Br)Cc1ccsc1. The van der Waals surface area contributed by atoms with Crippen LogP contribution in [-0.2, 0) is 6.42 Å². The minimum Gasteiger partial charge on any atom is -0.152 e. The van der Waals surface area contributed by atoms with E-state index in [4.69, 9.17) is 0 Å². The Balaban J connectivity index is 1.85. The largest absolute Gasteiger partial charge is 0.152 e. The molecule has 0 nitrogen and oxygen atoms in total. The van der Waals surface area contributed by atoms with Gasteiger partial charge in [-0.15, -0.1) is 0 Å². The molecule has 2 heteroatoms. The standard InChI is InChI=1S/C17H29BrS/c1-2-3-4-5-6-7-8-9-10-11-17(18)14-16-12-13-19-15-16/h12-13,15,17H,2-11,14H2,1H3. The molecule has 1 aromatic heterocycles. The first-order valence-corrected chi connectivity index (χ1v) is 9.84. The van der Waals surface area contributed by atoms with Crippen molar-refractivity contribution in [2.45, 2.75) is 82.4 Å². The summed E-state index contributed by atoms with van der Waals surface area (Å²) in [5.74, 6) is 0. The highest BCUT2D eigenvalue weighted by Gasteiger charge is 2.05. The van der Waals surface area contributed by atoms with E-state index in [1.165, 1.54) is 76.2 Å². The highest BCUT2D eigenvalue weighted by molar-refractivity contribution is 9.09. The van der Waals surface area contributed by atoms with Gasteiger partial charge in [0.2, 0.25) is 0 Å². The molecule has 1 heterocycles. The molecule has 0 saturated heterocycles. The van der Waals surface area contributed by atoms with Crippen LogP contribution >= 0.6 is 27.3 Å². The summed E-state index contributed by atoms with van der Waals surface area (Å²) in [4.78, 5) is 0.673. The Bertz CT molecular complexity index is 281. The molecule has 0 spiro atoms. The molecule has 0 amide bonds. The third-order valence-electron chi connectivity index (χ3n) is 3.66. The molecule has 0 aromatic carbocycles. The fourth-order valence-electron chi connectivity index (χ4n) is 2.44. The number of hydrogen-bond donors (Lipinski definition) is 0. The maximum atomic E-state index is 3.82. The van der Waals surface area contributed by atoms with Gasteiger partial charge in [0.05, 0.1) is 0 Å². The Hall–Kier alpha value is 0.180. The molecule has 0 saturated carbocycles. The topological polar surface area (TPSA) is 0 Å². The van der Waals surface area contributed by atoms with Crippen LogP contribution in [-0.4, -0.2) is 4.83 Å². The number of thiophene rings is 1. The smallest absolute Gasteiger partial charge is 0.0186 e. The van der Waals surface area contributed by atoms with Gasteiger partial charge in [-0.05, 0) is 35.2 Å². The molecule has 0 aliphatic carbocycles. The summed E-state index contributed by atoms with van der Waals surface area (Å²) < 4.78 is 0. The summed E-state index contributed by atoms with van der Waals surface area (Å²) in [5, 5.41) is 4.44. The normalized spacial score (nSPS) is 12.7. The minimum absolute atomic E-state index is 0.673. The molecule has 0 fully saturated rings. The lowest BCUT2D eigenvalue weighted by Gasteiger charge is -2.08. The molecule has 1 atom stereocenters. The van der Waals surface area contributed by atoms with Gasteiger partial charge in [0, 0.05) is 4.83 Å². The first-order valence-electron chi connectivity index (χ1n) is 7.98. The Morgan fingerprint density at radius 3 is 2.21 bits per heavy atom. The van der Waals surface area contributed by atoms with Crippen LogP contribution in [0.4, 0.5) is 0 Å². The number of hydrogen-bond acceptors (Lipinski definition) is 1. The Morgan fingerprint density at radius 2 is 1.63 bits per heavy atom. The maximum Gasteiger partial charge on any atom is 0.0186 e. The van der Waals surface area contributed by atoms with Crippen molar-refractivity contribution < 1.29 is 0 Å². The van der Waals surface area contributed by atoms with Gasteiger partial charge >= 0.3 is 0 Å². The second kappa shape index (κ2) is 12.0. The van der Waals surface area contributed by atoms with Gasteiger partial charge in [-0.1, -0.05) is 80.6 Å². The van der Waals surface area contributed by atoms with Crippen LogP contribution in [0, 0.1) is 0 Å². The fourth-order valence-corrected chi connectivity index (χ4v) is 3.82. The highest BCUT2D eigenvalue weighted by atomic mass is 79.9. The van der Waals surface area contributed by atoms with Crippen molar-refractivity contribution in [1.29, 1.82) is 0 Å². The molecular formula is C17H29BrS. The van der Waals surface area contributed by atoms with Crippen molar-refractivity contribution in [3.05, 3.63) is 22.4 Å². The number of unbranched alkanes of at least 4 members (excludes halogenated alkanes) is 8. The summed E-state index contributed by atoms with van der Waals surface area (Å²) in [6.07, 6.45) is 15.3. The molecule has 0 radical (unpaired) electrons. The van der Waals surface area contributed by atoms with Crippen molar-refractivity contribution in [2.75, 3.05) is 0 Å². The zero-order valence-electron chi connectivity index (χ0n) is 12.4. The van der Waals surface area contributed by atoms with E-state index in [2.05, 4.69) is 39.7 Å². The molecular weight excluding hydrogens is 316 g/mol. The molecule has 1 unspecified atom stereocenters. The van der Waals surface area contributed by atoms with E-state index < -0.39 is 0 Å². The van der Waals surface area contributed by atoms with Gasteiger partial charge in [-0.2, -0.15) is 11.3 Å². The van der Waals surface area contributed by atoms with Crippen molar-refractivity contribution in [3.8, 4) is 0 Å². The lowest BCUT2D eigenvalue weighted by molar-refractivity contribution is 0.553. The summed E-state index contributed by atoms with van der Waals surface area (Å²) >= 11 is 5.62. The first-order chi connectivity index (χ1) is 9.33. The second-order valence-corrected chi connectivity index (χ2v) is 7.63. The molecule has 19 heavy (non-hydrogen) atoms. The molecule has 0 aliphatic rings. The van der Waals surface area contributed by atoms with Crippen LogP contribution < -0.4 is 0 Å². The third-order valence-corrected chi connectivity index (χ3v) is 5.17. The lowest BCUT2D eigenvalue weighted by atomic mass is 10.0. The van der Waals surface area contributed by atoms with Crippen LogP contribution in [0.5, 0.6) is 0 Å². The molecule has 110 valence electrons. The van der Waals surface area contributed by atoms with Gasteiger partial charge < -0.3 is 0 Å². The average Bonchev–Trinajstić information content (AvgIpc) is 2.89. The Kier molecular flexibility index (Phi) is 10.8. The molecule has 1 rings (SSSR count). The van der Waals surface area contributed by atoms with Gasteiger partial charge in [0.15, 0.2) is 0 Å². The number of rotatable bonds is 12. The van der Waals surface area contributed by atoms with Crippen LogP contribution in [0.3, 0.4) is 0 Å². The quantitative estimate of drug-likeness (QED) is 0.283. The number of alkyl halides is 1. The van der Waals surface area contributed by atoms with Crippen LogP contribution in [0.2, 0.25) is 0 Å². The molecule has 0 aliphatic heterocycles. The van der Waals surface area contributed by atoms with Crippen molar-refractivity contribution in [2.24, 2.45) is 0 Å². The maximum absolute atomic E-state index is 3.82. The zero-order valence-corrected chi connectivity index (χ0v) is 14.8. The molecule has 1 aromatic rings. The highest BCUT2D eigenvalue weighted by Crippen LogP contribution is 2.19. The van der Waals surface area contributed by atoms with E-state index >= 15 is 0 Å². The second-order valence-electron chi connectivity index (χ2n) is 5.55. The van der Waals surface area contributed by atoms with E-state index in [-0.39, 0.29) is 0 Å². The van der Waals surface area contributed by atoms with Gasteiger partial charge in [-0.3, -0.25) is 0 Å². The van der Waals surface area contributed by atoms with Crippen LogP contribution in [0.15, 0.2) is 16.8 Å². The van der Waals surface area contributed by atoms with E-state index in [0.29, 0.717) is 4.83 Å². The van der Waals surface area contributed by atoms with E-state index in [1.54, 1.807) is 11.3 Å². The Labute approximate surface area is 132 Å². The van der Waals surface area contributed by atoms with E-state index in [0.717, 1.165) is 0 Å². The van der Waals surface area contributed by atoms with Crippen LogP contribution in [0.1, 0.15) is 76.7 Å². The number of halogens is 1. The lowest BCUT2D eigenvalue weighted by Crippen LogP contribution is -2.01. The van der Waals surface area contributed by atoms with E-state index in [1.807, 2.05) is 0 Å². The predicted octanol–water partition coefficient (Wildman–Crippen LogP) is 6.98. The van der Waals surface area contributed by atoms with Gasteiger partial charge in [-0.25, -0.2) is 0 Å². The van der Waals surface area contributed by atoms with Gasteiger partial charge in [0.1, 0.15) is 0 Å². The molecule has 0 bridgehead atoms. The van der Waals surface area contributed by atoms with E-state index in [9.17, 15) is 0 Å². The Morgan fingerprint density at radius 1 is 1.00 bits per heavy atom. The summed E-state index contributed by atoms with van der Waals surface area (Å²) in [6, 6.07) is 2.25. The predicted molar refractivity (Wildman–Crippen MR) is 92.6 cm³/mol. The van der Waals surface area contributed by atoms with Crippen LogP contribution in [0.25, 0.3) is 0 Å². The average molecular weight is 345 g/mol. The zero-order chi connectivity index (χ0) is 13.8.